The number of anilines is 1. The summed E-state index contributed by atoms with van der Waals surface area (Å²) in [6.07, 6.45) is 3.67. The van der Waals surface area contributed by atoms with E-state index in [-0.39, 0.29) is 11.8 Å². The molecule has 1 aromatic carbocycles. The quantitative estimate of drug-likeness (QED) is 0.739. The van der Waals surface area contributed by atoms with Crippen molar-refractivity contribution in [3.05, 3.63) is 58.9 Å². The van der Waals surface area contributed by atoms with Crippen molar-refractivity contribution >= 4 is 23.2 Å². The van der Waals surface area contributed by atoms with Gasteiger partial charge in [-0.25, -0.2) is 4.98 Å². The molecule has 1 atom stereocenters. The molecule has 0 spiro atoms. The highest BCUT2D eigenvalue weighted by Crippen LogP contribution is 2.20. The van der Waals surface area contributed by atoms with E-state index < -0.39 is 0 Å². The zero-order valence-corrected chi connectivity index (χ0v) is 16.1. The van der Waals surface area contributed by atoms with E-state index in [1.165, 1.54) is 0 Å². The fourth-order valence-corrected chi connectivity index (χ4v) is 2.95. The van der Waals surface area contributed by atoms with E-state index in [1.54, 1.807) is 10.9 Å². The highest BCUT2D eigenvalue weighted by atomic mass is 35.5. The zero-order chi connectivity index (χ0) is 18.8. The van der Waals surface area contributed by atoms with Gasteiger partial charge in [0, 0.05) is 23.8 Å². The minimum Gasteiger partial charge on any atom is -0.326 e. The Morgan fingerprint density at radius 1 is 1.23 bits per heavy atom. The SMILES string of the molecule is Cc1nn(CC(C)C(=O)Nc2ccc(-n3ccnc3C)cc2)c(C)c1Cl. The molecule has 0 radical (unpaired) electrons. The van der Waals surface area contributed by atoms with E-state index in [4.69, 9.17) is 11.6 Å². The lowest BCUT2D eigenvalue weighted by Gasteiger charge is -2.14. The first kappa shape index (κ1) is 18.2. The van der Waals surface area contributed by atoms with Crippen molar-refractivity contribution in [3.63, 3.8) is 0 Å². The summed E-state index contributed by atoms with van der Waals surface area (Å²) in [5, 5.41) is 7.99. The standard InChI is InChI=1S/C19H22ClN5O/c1-12(11-25-14(3)18(20)13(2)23-25)19(26)22-16-5-7-17(8-6-16)24-10-9-21-15(24)4/h5-10,12H,11H2,1-4H3,(H,22,26). The van der Waals surface area contributed by atoms with Gasteiger partial charge in [-0.15, -0.1) is 0 Å². The summed E-state index contributed by atoms with van der Waals surface area (Å²) < 4.78 is 3.77. The summed E-state index contributed by atoms with van der Waals surface area (Å²) in [6.45, 7) is 8.08. The first-order chi connectivity index (χ1) is 12.4. The van der Waals surface area contributed by atoms with E-state index in [1.807, 2.05) is 62.7 Å². The van der Waals surface area contributed by atoms with Gasteiger partial charge in [-0.1, -0.05) is 18.5 Å². The fraction of sp³-hybridized carbons (Fsp3) is 0.316. The first-order valence-electron chi connectivity index (χ1n) is 8.47. The summed E-state index contributed by atoms with van der Waals surface area (Å²) in [4.78, 5) is 16.7. The van der Waals surface area contributed by atoms with Crippen LogP contribution in [-0.2, 0) is 11.3 Å². The van der Waals surface area contributed by atoms with E-state index >= 15 is 0 Å². The maximum atomic E-state index is 12.5. The summed E-state index contributed by atoms with van der Waals surface area (Å²) in [5.74, 6) is 0.624. The number of hydrogen-bond acceptors (Lipinski definition) is 3. The van der Waals surface area contributed by atoms with Crippen molar-refractivity contribution in [3.8, 4) is 5.69 Å². The molecule has 0 saturated carbocycles. The Bertz CT molecular complexity index is 926. The third-order valence-electron chi connectivity index (χ3n) is 4.43. The number of halogens is 1. The van der Waals surface area contributed by atoms with E-state index in [2.05, 4.69) is 15.4 Å². The van der Waals surface area contributed by atoms with E-state index in [9.17, 15) is 4.79 Å². The number of carbonyl (C=O) groups is 1. The smallest absolute Gasteiger partial charge is 0.229 e. The average Bonchev–Trinajstić information content (AvgIpc) is 3.15. The summed E-state index contributed by atoms with van der Waals surface area (Å²) >= 11 is 6.17. The van der Waals surface area contributed by atoms with Gasteiger partial charge in [-0.05, 0) is 45.0 Å². The van der Waals surface area contributed by atoms with Crippen LogP contribution in [0, 0.1) is 26.7 Å². The molecule has 3 rings (SSSR count). The van der Waals surface area contributed by atoms with Gasteiger partial charge in [0.15, 0.2) is 0 Å². The molecule has 2 heterocycles. The zero-order valence-electron chi connectivity index (χ0n) is 15.3. The van der Waals surface area contributed by atoms with Crippen LogP contribution in [0.15, 0.2) is 36.7 Å². The van der Waals surface area contributed by atoms with Crippen molar-refractivity contribution in [1.82, 2.24) is 19.3 Å². The molecule has 0 fully saturated rings. The molecule has 1 N–H and O–H groups in total. The van der Waals surface area contributed by atoms with Crippen LogP contribution in [0.1, 0.15) is 24.1 Å². The maximum absolute atomic E-state index is 12.5. The molecule has 0 aliphatic carbocycles. The van der Waals surface area contributed by atoms with Crippen LogP contribution in [0.3, 0.4) is 0 Å². The van der Waals surface area contributed by atoms with Crippen LogP contribution in [0.5, 0.6) is 0 Å². The molecule has 7 heteroatoms. The van der Waals surface area contributed by atoms with E-state index in [0.29, 0.717) is 11.6 Å². The van der Waals surface area contributed by atoms with Gasteiger partial charge < -0.3 is 9.88 Å². The second-order valence-corrected chi connectivity index (χ2v) is 6.83. The van der Waals surface area contributed by atoms with Gasteiger partial charge in [-0.2, -0.15) is 5.10 Å². The number of nitrogens with one attached hydrogen (secondary N) is 1. The number of aryl methyl sites for hydroxylation is 2. The Morgan fingerprint density at radius 2 is 1.92 bits per heavy atom. The number of rotatable bonds is 5. The number of amides is 1. The highest BCUT2D eigenvalue weighted by Gasteiger charge is 2.17. The normalized spacial score (nSPS) is 12.2. The Hall–Kier alpha value is -2.60. The van der Waals surface area contributed by atoms with Gasteiger partial charge in [-0.3, -0.25) is 9.48 Å². The maximum Gasteiger partial charge on any atom is 0.229 e. The first-order valence-corrected chi connectivity index (χ1v) is 8.85. The van der Waals surface area contributed by atoms with Gasteiger partial charge in [0.1, 0.15) is 5.82 Å². The van der Waals surface area contributed by atoms with Crippen LogP contribution in [0.25, 0.3) is 5.69 Å². The Kier molecular flexibility index (Phi) is 5.13. The number of aromatic nitrogens is 4. The Balaban J connectivity index is 1.65. The van der Waals surface area contributed by atoms with Crippen LogP contribution in [0.4, 0.5) is 5.69 Å². The number of benzene rings is 1. The minimum absolute atomic E-state index is 0.0553. The fourth-order valence-electron chi connectivity index (χ4n) is 2.82. The van der Waals surface area contributed by atoms with Crippen LogP contribution in [0.2, 0.25) is 5.02 Å². The number of nitrogens with zero attached hydrogens (tertiary/aromatic N) is 4. The van der Waals surface area contributed by atoms with Gasteiger partial charge in [0.25, 0.3) is 0 Å². The van der Waals surface area contributed by atoms with Gasteiger partial charge in [0.05, 0.1) is 28.9 Å². The number of carbonyl (C=O) groups excluding carboxylic acids is 1. The third kappa shape index (κ3) is 3.65. The van der Waals surface area contributed by atoms with Gasteiger partial charge >= 0.3 is 0 Å². The molecule has 6 nitrogen and oxygen atoms in total. The molecule has 26 heavy (non-hydrogen) atoms. The average molecular weight is 372 g/mol. The van der Waals surface area contributed by atoms with Crippen molar-refractivity contribution < 1.29 is 4.79 Å². The molecule has 0 saturated heterocycles. The van der Waals surface area contributed by atoms with E-state index in [0.717, 1.165) is 28.6 Å². The minimum atomic E-state index is -0.236. The van der Waals surface area contributed by atoms with Crippen LogP contribution < -0.4 is 5.32 Å². The monoisotopic (exact) mass is 371 g/mol. The van der Waals surface area contributed by atoms with Crippen molar-refractivity contribution in [2.45, 2.75) is 34.2 Å². The lowest BCUT2D eigenvalue weighted by atomic mass is 10.1. The van der Waals surface area contributed by atoms with Gasteiger partial charge in [0.2, 0.25) is 5.91 Å². The lowest BCUT2D eigenvalue weighted by Crippen LogP contribution is -2.25. The van der Waals surface area contributed by atoms with Crippen molar-refractivity contribution in [2.24, 2.45) is 5.92 Å². The number of hydrogen-bond donors (Lipinski definition) is 1. The topological polar surface area (TPSA) is 64.7 Å². The van der Waals surface area contributed by atoms with Crippen LogP contribution in [-0.4, -0.2) is 25.2 Å². The predicted octanol–water partition coefficient (Wildman–Crippen LogP) is 3.92. The largest absolute Gasteiger partial charge is 0.326 e. The molecule has 136 valence electrons. The molecule has 0 bridgehead atoms. The lowest BCUT2D eigenvalue weighted by molar-refractivity contribution is -0.119. The summed E-state index contributed by atoms with van der Waals surface area (Å²) in [5.41, 5.74) is 3.42. The Labute approximate surface area is 157 Å². The molecular formula is C19H22ClN5O. The predicted molar refractivity (Wildman–Crippen MR) is 103 cm³/mol. The van der Waals surface area contributed by atoms with Crippen molar-refractivity contribution in [1.29, 1.82) is 0 Å². The molecule has 3 aromatic rings. The summed E-state index contributed by atoms with van der Waals surface area (Å²) in [7, 11) is 0. The third-order valence-corrected chi connectivity index (χ3v) is 4.97. The molecule has 1 unspecified atom stereocenters. The molecule has 0 aliphatic heterocycles. The summed E-state index contributed by atoms with van der Waals surface area (Å²) in [6, 6.07) is 7.69. The molecule has 2 aromatic heterocycles. The molecule has 1 amide bonds. The van der Waals surface area contributed by atoms with Crippen LogP contribution >= 0.6 is 11.6 Å². The molecule has 0 aliphatic rings. The number of imidazole rings is 1. The molecular weight excluding hydrogens is 350 g/mol. The second kappa shape index (κ2) is 7.33. The second-order valence-electron chi connectivity index (χ2n) is 6.45. The highest BCUT2D eigenvalue weighted by molar-refractivity contribution is 6.31. The van der Waals surface area contributed by atoms with Crippen molar-refractivity contribution in [2.75, 3.05) is 5.32 Å². The Morgan fingerprint density at radius 3 is 2.46 bits per heavy atom.